The average Bonchev–Trinajstić information content (AvgIpc) is 3.23. The molecule has 0 spiro atoms. The minimum atomic E-state index is -3.46. The molecule has 0 aliphatic heterocycles. The minimum absolute atomic E-state index is 0.112. The average molecular weight is 464 g/mol. The van der Waals surface area contributed by atoms with Crippen LogP contribution in [0.1, 0.15) is 32.6 Å². The summed E-state index contributed by atoms with van der Waals surface area (Å²) >= 11 is 7.49. The van der Waals surface area contributed by atoms with Crippen LogP contribution < -0.4 is 14.8 Å². The van der Waals surface area contributed by atoms with E-state index in [0.717, 1.165) is 29.5 Å². The standard InChI is InChI=1S/C20H18ClN3O4S2/c1-30(26,27)24-14-8-12(21)7-13(9-14)23-20(25)19-10-16-17(4-5-18(16)29-19)28-15-3-2-6-22-11-15/h2-3,6-11,17,24H,4-5H2,1H3,(H,23,25). The van der Waals surface area contributed by atoms with Crippen molar-refractivity contribution in [3.63, 3.8) is 0 Å². The van der Waals surface area contributed by atoms with E-state index in [-0.39, 0.29) is 17.7 Å². The minimum Gasteiger partial charge on any atom is -0.484 e. The molecule has 2 N–H and O–H groups in total. The third kappa shape index (κ3) is 4.92. The van der Waals surface area contributed by atoms with Crippen LogP contribution in [0.15, 0.2) is 48.8 Å². The Labute approximate surface area is 183 Å². The van der Waals surface area contributed by atoms with Gasteiger partial charge in [0.1, 0.15) is 11.9 Å². The second-order valence-electron chi connectivity index (χ2n) is 6.88. The van der Waals surface area contributed by atoms with Crippen LogP contribution in [-0.2, 0) is 16.4 Å². The molecule has 4 rings (SSSR count). The van der Waals surface area contributed by atoms with Gasteiger partial charge in [-0.1, -0.05) is 11.6 Å². The quantitative estimate of drug-likeness (QED) is 0.561. The van der Waals surface area contributed by atoms with Gasteiger partial charge in [-0.15, -0.1) is 11.3 Å². The van der Waals surface area contributed by atoms with E-state index in [2.05, 4.69) is 15.0 Å². The number of pyridine rings is 1. The van der Waals surface area contributed by atoms with Crippen LogP contribution in [0.2, 0.25) is 5.02 Å². The van der Waals surface area contributed by atoms with Crippen molar-refractivity contribution < 1.29 is 17.9 Å². The van der Waals surface area contributed by atoms with E-state index < -0.39 is 10.0 Å². The Morgan fingerprint density at radius 2 is 2.07 bits per heavy atom. The largest absolute Gasteiger partial charge is 0.484 e. The second-order valence-corrected chi connectivity index (χ2v) is 10.2. The highest BCUT2D eigenvalue weighted by Crippen LogP contribution is 2.40. The smallest absolute Gasteiger partial charge is 0.265 e. The van der Waals surface area contributed by atoms with Gasteiger partial charge in [0.15, 0.2) is 0 Å². The number of fused-ring (bicyclic) bond motifs is 1. The van der Waals surface area contributed by atoms with Crippen molar-refractivity contribution >= 4 is 50.2 Å². The van der Waals surface area contributed by atoms with E-state index in [9.17, 15) is 13.2 Å². The lowest BCUT2D eigenvalue weighted by atomic mass is 10.2. The van der Waals surface area contributed by atoms with Gasteiger partial charge in [0.25, 0.3) is 5.91 Å². The molecule has 1 aliphatic carbocycles. The first-order valence-electron chi connectivity index (χ1n) is 9.06. The maximum absolute atomic E-state index is 12.8. The first-order valence-corrected chi connectivity index (χ1v) is 12.1. The maximum Gasteiger partial charge on any atom is 0.265 e. The van der Waals surface area contributed by atoms with Gasteiger partial charge in [-0.2, -0.15) is 0 Å². The lowest BCUT2D eigenvalue weighted by molar-refractivity contribution is 0.103. The molecule has 1 unspecified atom stereocenters. The molecule has 7 nitrogen and oxygen atoms in total. The summed E-state index contributed by atoms with van der Waals surface area (Å²) in [5.74, 6) is 0.402. The zero-order valence-corrected chi connectivity index (χ0v) is 18.3. The molecule has 0 fully saturated rings. The predicted octanol–water partition coefficient (Wildman–Crippen LogP) is 4.49. The summed E-state index contributed by atoms with van der Waals surface area (Å²) in [5, 5.41) is 3.08. The molecule has 1 amide bonds. The number of sulfonamides is 1. The molecule has 2 aromatic heterocycles. The third-order valence-corrected chi connectivity index (χ3v) is 6.45. The van der Waals surface area contributed by atoms with E-state index in [0.29, 0.717) is 21.3 Å². The predicted molar refractivity (Wildman–Crippen MR) is 118 cm³/mol. The first kappa shape index (κ1) is 20.6. The number of amides is 1. The van der Waals surface area contributed by atoms with Gasteiger partial charge < -0.3 is 10.1 Å². The lowest BCUT2D eigenvalue weighted by Gasteiger charge is -2.13. The molecule has 0 saturated heterocycles. The van der Waals surface area contributed by atoms with Gasteiger partial charge >= 0.3 is 0 Å². The number of anilines is 2. The SMILES string of the molecule is CS(=O)(=O)Nc1cc(Cl)cc(NC(=O)c2cc3c(s2)CCC3Oc2cccnc2)c1. The molecule has 0 bridgehead atoms. The number of ether oxygens (including phenoxy) is 1. The van der Waals surface area contributed by atoms with E-state index in [1.807, 2.05) is 18.2 Å². The monoisotopic (exact) mass is 463 g/mol. The Bertz CT molecular complexity index is 1200. The van der Waals surface area contributed by atoms with Crippen molar-refractivity contribution in [3.8, 4) is 5.75 Å². The molecule has 2 heterocycles. The fourth-order valence-corrected chi connectivity index (χ4v) is 5.18. The topological polar surface area (TPSA) is 97.4 Å². The number of carbonyl (C=O) groups excluding carboxylic acids is 1. The van der Waals surface area contributed by atoms with Crippen LogP contribution in [-0.4, -0.2) is 25.6 Å². The van der Waals surface area contributed by atoms with Crippen molar-refractivity contribution in [2.24, 2.45) is 0 Å². The maximum atomic E-state index is 12.8. The van der Waals surface area contributed by atoms with Gasteiger partial charge in [-0.25, -0.2) is 8.42 Å². The Morgan fingerprint density at radius 1 is 1.27 bits per heavy atom. The summed E-state index contributed by atoms with van der Waals surface area (Å²) in [7, 11) is -3.46. The van der Waals surface area contributed by atoms with Crippen molar-refractivity contribution in [1.29, 1.82) is 0 Å². The van der Waals surface area contributed by atoms with Crippen LogP contribution in [0.25, 0.3) is 0 Å². The van der Waals surface area contributed by atoms with Crippen LogP contribution in [0.5, 0.6) is 5.75 Å². The highest BCUT2D eigenvalue weighted by atomic mass is 35.5. The summed E-state index contributed by atoms with van der Waals surface area (Å²) in [4.78, 5) is 18.5. The van der Waals surface area contributed by atoms with Gasteiger partial charge in [0.2, 0.25) is 10.0 Å². The van der Waals surface area contributed by atoms with E-state index >= 15 is 0 Å². The summed E-state index contributed by atoms with van der Waals surface area (Å²) < 4.78 is 31.3. The van der Waals surface area contributed by atoms with E-state index in [1.165, 1.54) is 23.5 Å². The second kappa shape index (κ2) is 8.25. The molecule has 0 saturated carbocycles. The lowest BCUT2D eigenvalue weighted by Crippen LogP contribution is -2.12. The number of aryl methyl sites for hydroxylation is 1. The normalized spacial score (nSPS) is 15.5. The van der Waals surface area contributed by atoms with Crippen molar-refractivity contribution in [2.45, 2.75) is 18.9 Å². The Morgan fingerprint density at radius 3 is 2.80 bits per heavy atom. The summed E-state index contributed by atoms with van der Waals surface area (Å²) in [6.45, 7) is 0. The third-order valence-electron chi connectivity index (χ3n) is 4.42. The van der Waals surface area contributed by atoms with E-state index in [4.69, 9.17) is 16.3 Å². The molecule has 1 atom stereocenters. The summed E-state index contributed by atoms with van der Waals surface area (Å²) in [5.41, 5.74) is 1.69. The first-order chi connectivity index (χ1) is 14.3. The number of benzene rings is 1. The van der Waals surface area contributed by atoms with Gasteiger partial charge in [-0.3, -0.25) is 14.5 Å². The number of thiophene rings is 1. The van der Waals surface area contributed by atoms with Crippen LogP contribution >= 0.6 is 22.9 Å². The zero-order chi connectivity index (χ0) is 21.3. The van der Waals surface area contributed by atoms with Crippen molar-refractivity contribution in [2.75, 3.05) is 16.3 Å². The number of aromatic nitrogens is 1. The summed E-state index contributed by atoms with van der Waals surface area (Å²) in [6.07, 6.45) is 5.98. The van der Waals surface area contributed by atoms with Crippen LogP contribution in [0.3, 0.4) is 0 Å². The fraction of sp³-hybridized carbons (Fsp3) is 0.200. The molecule has 30 heavy (non-hydrogen) atoms. The number of nitrogens with one attached hydrogen (secondary N) is 2. The molecular weight excluding hydrogens is 446 g/mol. The number of hydrogen-bond donors (Lipinski definition) is 2. The molecule has 1 aromatic carbocycles. The number of carbonyl (C=O) groups is 1. The zero-order valence-electron chi connectivity index (χ0n) is 15.9. The number of hydrogen-bond acceptors (Lipinski definition) is 6. The Balaban J connectivity index is 1.50. The van der Waals surface area contributed by atoms with Gasteiger partial charge in [0.05, 0.1) is 23.0 Å². The molecule has 1 aliphatic rings. The van der Waals surface area contributed by atoms with Crippen LogP contribution in [0.4, 0.5) is 11.4 Å². The van der Waals surface area contributed by atoms with Gasteiger partial charge in [0, 0.05) is 27.3 Å². The molecule has 10 heteroatoms. The molecular formula is C20H18ClN3O4S2. The Kier molecular flexibility index (Phi) is 5.68. The Hall–Kier alpha value is -2.62. The highest BCUT2D eigenvalue weighted by Gasteiger charge is 2.28. The van der Waals surface area contributed by atoms with Crippen molar-refractivity contribution in [1.82, 2.24) is 4.98 Å². The van der Waals surface area contributed by atoms with Crippen molar-refractivity contribution in [3.05, 3.63) is 69.1 Å². The molecule has 156 valence electrons. The van der Waals surface area contributed by atoms with Gasteiger partial charge in [-0.05, 0) is 49.2 Å². The summed E-state index contributed by atoms with van der Waals surface area (Å²) in [6, 6.07) is 10.1. The molecule has 0 radical (unpaired) electrons. The van der Waals surface area contributed by atoms with Crippen LogP contribution in [0, 0.1) is 0 Å². The highest BCUT2D eigenvalue weighted by molar-refractivity contribution is 7.92. The molecule has 3 aromatic rings. The fourth-order valence-electron chi connectivity index (χ4n) is 3.27. The number of rotatable bonds is 6. The van der Waals surface area contributed by atoms with E-state index in [1.54, 1.807) is 18.5 Å². The number of halogens is 1. The number of nitrogens with zero attached hydrogens (tertiary/aromatic N) is 1.